The summed E-state index contributed by atoms with van der Waals surface area (Å²) < 4.78 is 37.6. The first-order chi connectivity index (χ1) is 15.3. The SMILES string of the molecule is CCc1cnc(N2CCC(N3CCC(Nc4ccc(S(C)(=O)=O)cc4F)C3=O)CC2)nc1. The number of halogens is 1. The molecule has 3 heterocycles. The third kappa shape index (κ3) is 4.69. The molecule has 4 rings (SSSR count). The summed E-state index contributed by atoms with van der Waals surface area (Å²) in [6.45, 7) is 4.24. The molecule has 2 saturated heterocycles. The van der Waals surface area contributed by atoms with Crippen molar-refractivity contribution in [2.45, 2.75) is 49.6 Å². The summed E-state index contributed by atoms with van der Waals surface area (Å²) >= 11 is 0. The van der Waals surface area contributed by atoms with Crippen molar-refractivity contribution in [3.63, 3.8) is 0 Å². The lowest BCUT2D eigenvalue weighted by Crippen LogP contribution is -2.47. The molecule has 1 aromatic carbocycles. The summed E-state index contributed by atoms with van der Waals surface area (Å²) in [4.78, 5) is 25.8. The van der Waals surface area contributed by atoms with Gasteiger partial charge in [0.05, 0.1) is 10.6 Å². The molecule has 32 heavy (non-hydrogen) atoms. The number of aryl methyl sites for hydroxylation is 1. The zero-order chi connectivity index (χ0) is 22.9. The van der Waals surface area contributed by atoms with Gasteiger partial charge in [0, 0.05) is 44.3 Å². The van der Waals surface area contributed by atoms with Gasteiger partial charge in [0.1, 0.15) is 11.9 Å². The van der Waals surface area contributed by atoms with Crippen LogP contribution in [0.15, 0.2) is 35.5 Å². The van der Waals surface area contributed by atoms with Crippen LogP contribution in [-0.2, 0) is 21.1 Å². The molecule has 2 aromatic rings. The lowest BCUT2D eigenvalue weighted by molar-refractivity contribution is -0.130. The normalized spacial score (nSPS) is 20.1. The van der Waals surface area contributed by atoms with Crippen molar-refractivity contribution in [2.24, 2.45) is 0 Å². The highest BCUT2D eigenvalue weighted by Crippen LogP contribution is 2.27. The molecule has 172 valence electrons. The first-order valence-corrected chi connectivity index (χ1v) is 12.8. The summed E-state index contributed by atoms with van der Waals surface area (Å²) in [7, 11) is -3.49. The van der Waals surface area contributed by atoms with E-state index in [1.54, 1.807) is 0 Å². The van der Waals surface area contributed by atoms with Gasteiger partial charge >= 0.3 is 0 Å². The third-order valence-electron chi connectivity index (χ3n) is 6.23. The summed E-state index contributed by atoms with van der Waals surface area (Å²) in [5.74, 6) is 0.00104. The minimum Gasteiger partial charge on any atom is -0.371 e. The summed E-state index contributed by atoms with van der Waals surface area (Å²) in [6.07, 6.45) is 7.88. The molecule has 2 aliphatic rings. The Labute approximate surface area is 187 Å². The zero-order valence-corrected chi connectivity index (χ0v) is 19.1. The number of nitrogens with zero attached hydrogens (tertiary/aromatic N) is 4. The van der Waals surface area contributed by atoms with E-state index in [1.165, 1.54) is 12.1 Å². The fourth-order valence-corrected chi connectivity index (χ4v) is 4.93. The standard InChI is InChI=1S/C22H28FN5O3S/c1-3-15-13-24-22(25-14-15)27-9-6-16(7-10-27)28-11-8-20(21(28)29)26-19-5-4-17(12-18(19)23)32(2,30)31/h4-5,12-14,16,20,26H,3,6-11H2,1-2H3. The van der Waals surface area contributed by atoms with Gasteiger partial charge in [-0.3, -0.25) is 4.79 Å². The molecule has 0 saturated carbocycles. The van der Waals surface area contributed by atoms with Gasteiger partial charge in [-0.25, -0.2) is 22.8 Å². The van der Waals surface area contributed by atoms with E-state index in [1.807, 2.05) is 17.3 Å². The number of hydrogen-bond donors (Lipinski definition) is 1. The van der Waals surface area contributed by atoms with E-state index < -0.39 is 21.7 Å². The summed E-state index contributed by atoms with van der Waals surface area (Å²) in [6, 6.07) is 3.33. The molecule has 10 heteroatoms. The molecule has 1 aromatic heterocycles. The Morgan fingerprint density at radius 1 is 1.12 bits per heavy atom. The van der Waals surface area contributed by atoms with Crippen molar-refractivity contribution >= 4 is 27.4 Å². The molecule has 0 bridgehead atoms. The van der Waals surface area contributed by atoms with Crippen molar-refractivity contribution in [3.05, 3.63) is 42.0 Å². The van der Waals surface area contributed by atoms with Gasteiger partial charge in [0.15, 0.2) is 9.84 Å². The van der Waals surface area contributed by atoms with Crippen LogP contribution in [0.2, 0.25) is 0 Å². The van der Waals surface area contributed by atoms with Crippen LogP contribution in [0.4, 0.5) is 16.0 Å². The first-order valence-electron chi connectivity index (χ1n) is 10.9. The number of carbonyl (C=O) groups excluding carboxylic acids is 1. The quantitative estimate of drug-likeness (QED) is 0.705. The van der Waals surface area contributed by atoms with Gasteiger partial charge < -0.3 is 15.1 Å². The number of sulfone groups is 1. The van der Waals surface area contributed by atoms with Crippen LogP contribution in [0.3, 0.4) is 0 Å². The van der Waals surface area contributed by atoms with Crippen LogP contribution < -0.4 is 10.2 Å². The maximum atomic E-state index is 14.4. The number of amides is 1. The van der Waals surface area contributed by atoms with Crippen molar-refractivity contribution < 1.29 is 17.6 Å². The highest BCUT2D eigenvalue weighted by Gasteiger charge is 2.37. The van der Waals surface area contributed by atoms with Gasteiger partial charge in [-0.2, -0.15) is 0 Å². The minimum absolute atomic E-state index is 0.0430. The molecule has 1 unspecified atom stereocenters. The molecule has 8 nitrogen and oxygen atoms in total. The number of nitrogens with one attached hydrogen (secondary N) is 1. The molecule has 1 N–H and O–H groups in total. The average molecular weight is 462 g/mol. The summed E-state index contributed by atoms with van der Waals surface area (Å²) in [5.41, 5.74) is 1.24. The number of piperidine rings is 1. The van der Waals surface area contributed by atoms with Crippen LogP contribution in [0.1, 0.15) is 31.7 Å². The molecular formula is C22H28FN5O3S. The number of hydrogen-bond acceptors (Lipinski definition) is 7. The lowest BCUT2D eigenvalue weighted by atomic mass is 10.0. The second kappa shape index (κ2) is 9.01. The Morgan fingerprint density at radius 2 is 1.81 bits per heavy atom. The van der Waals surface area contributed by atoms with E-state index >= 15 is 0 Å². The number of likely N-dealkylation sites (tertiary alicyclic amines) is 1. The number of aromatic nitrogens is 2. The molecule has 1 atom stereocenters. The third-order valence-corrected chi connectivity index (χ3v) is 7.34. The first kappa shape index (κ1) is 22.4. The molecular weight excluding hydrogens is 433 g/mol. The monoisotopic (exact) mass is 461 g/mol. The summed E-state index contributed by atoms with van der Waals surface area (Å²) in [5, 5.41) is 2.96. The van der Waals surface area contributed by atoms with Crippen molar-refractivity contribution in [1.82, 2.24) is 14.9 Å². The Hall–Kier alpha value is -2.75. The van der Waals surface area contributed by atoms with Crippen LogP contribution in [-0.4, -0.2) is 67.2 Å². The molecule has 0 aliphatic carbocycles. The fourth-order valence-electron chi connectivity index (χ4n) is 4.30. The minimum atomic E-state index is -3.49. The van der Waals surface area contributed by atoms with Gasteiger partial charge in [0.25, 0.3) is 0 Å². The van der Waals surface area contributed by atoms with Gasteiger partial charge in [-0.05, 0) is 49.4 Å². The van der Waals surface area contributed by atoms with Gasteiger partial charge in [-0.15, -0.1) is 0 Å². The van der Waals surface area contributed by atoms with E-state index in [9.17, 15) is 17.6 Å². The van der Waals surface area contributed by atoms with Crippen LogP contribution in [0, 0.1) is 5.82 Å². The molecule has 2 aliphatic heterocycles. The molecule has 1 amide bonds. The van der Waals surface area contributed by atoms with Crippen LogP contribution in [0.25, 0.3) is 0 Å². The van der Waals surface area contributed by atoms with Gasteiger partial charge in [0.2, 0.25) is 11.9 Å². The number of anilines is 2. The van der Waals surface area contributed by atoms with Crippen LogP contribution >= 0.6 is 0 Å². The van der Waals surface area contributed by atoms with E-state index in [2.05, 4.69) is 27.1 Å². The second-order valence-electron chi connectivity index (χ2n) is 8.39. The average Bonchev–Trinajstić information content (AvgIpc) is 3.14. The lowest BCUT2D eigenvalue weighted by Gasteiger charge is -2.36. The van der Waals surface area contributed by atoms with E-state index in [0.717, 1.165) is 56.2 Å². The maximum absolute atomic E-state index is 14.4. The molecule has 0 spiro atoms. The van der Waals surface area contributed by atoms with E-state index in [4.69, 9.17) is 0 Å². The van der Waals surface area contributed by atoms with E-state index in [-0.39, 0.29) is 22.5 Å². The van der Waals surface area contributed by atoms with E-state index in [0.29, 0.717) is 13.0 Å². The molecule has 0 radical (unpaired) electrons. The number of rotatable bonds is 6. The zero-order valence-electron chi connectivity index (χ0n) is 18.3. The van der Waals surface area contributed by atoms with Gasteiger partial charge in [-0.1, -0.05) is 6.92 Å². The van der Waals surface area contributed by atoms with Crippen molar-refractivity contribution in [1.29, 1.82) is 0 Å². The maximum Gasteiger partial charge on any atom is 0.245 e. The highest BCUT2D eigenvalue weighted by molar-refractivity contribution is 7.90. The Bertz CT molecular complexity index is 1090. The van der Waals surface area contributed by atoms with Crippen molar-refractivity contribution in [3.8, 4) is 0 Å². The topological polar surface area (TPSA) is 95.5 Å². The molecule has 2 fully saturated rings. The predicted octanol–water partition coefficient (Wildman–Crippen LogP) is 2.26. The Kier molecular flexibility index (Phi) is 6.32. The number of benzene rings is 1. The smallest absolute Gasteiger partial charge is 0.245 e. The second-order valence-corrected chi connectivity index (χ2v) is 10.4. The number of carbonyl (C=O) groups is 1. The fraction of sp³-hybridized carbons (Fsp3) is 0.500. The predicted molar refractivity (Wildman–Crippen MR) is 120 cm³/mol. The largest absolute Gasteiger partial charge is 0.371 e. The highest BCUT2D eigenvalue weighted by atomic mass is 32.2. The van der Waals surface area contributed by atoms with Crippen molar-refractivity contribution in [2.75, 3.05) is 36.1 Å². The Morgan fingerprint density at radius 3 is 2.41 bits per heavy atom. The Balaban J connectivity index is 1.35. The van der Waals surface area contributed by atoms with Crippen LogP contribution in [0.5, 0.6) is 0 Å².